The van der Waals surface area contributed by atoms with Gasteiger partial charge in [-0.15, -0.1) is 0 Å². The van der Waals surface area contributed by atoms with Crippen LogP contribution in [0.25, 0.3) is 0 Å². The molecule has 0 unspecified atom stereocenters. The van der Waals surface area contributed by atoms with E-state index in [1.807, 2.05) is 24.3 Å². The maximum Gasteiger partial charge on any atom is 0.219 e. The van der Waals surface area contributed by atoms with Crippen LogP contribution >= 0.6 is 0 Å². The first-order valence-electron chi connectivity index (χ1n) is 6.73. The van der Waals surface area contributed by atoms with Gasteiger partial charge < -0.3 is 14.6 Å². The molecule has 0 saturated carbocycles. The summed E-state index contributed by atoms with van der Waals surface area (Å²) in [5.41, 5.74) is 0.776. The Balaban J connectivity index is 2.04. The van der Waals surface area contributed by atoms with E-state index in [0.717, 1.165) is 17.7 Å². The molecule has 2 rings (SSSR count). The number of pyridine rings is 1. The number of aliphatic hydroxyl groups excluding tert-OH is 1. The average Bonchev–Trinajstić information content (AvgIpc) is 2.47. The fourth-order valence-corrected chi connectivity index (χ4v) is 1.68. The van der Waals surface area contributed by atoms with Crippen molar-refractivity contribution in [3.8, 4) is 17.4 Å². The van der Waals surface area contributed by atoms with Crippen LogP contribution in [0.1, 0.15) is 31.9 Å². The summed E-state index contributed by atoms with van der Waals surface area (Å²) in [5, 5.41) is 9.53. The van der Waals surface area contributed by atoms with Crippen LogP contribution in [-0.2, 0) is 0 Å². The summed E-state index contributed by atoms with van der Waals surface area (Å²) in [7, 11) is 0. The van der Waals surface area contributed by atoms with Crippen LogP contribution in [-0.4, -0.2) is 16.7 Å². The van der Waals surface area contributed by atoms with Crippen molar-refractivity contribution in [1.29, 1.82) is 0 Å². The number of ether oxygens (including phenoxy) is 2. The van der Waals surface area contributed by atoms with Gasteiger partial charge in [-0.05, 0) is 49.2 Å². The van der Waals surface area contributed by atoms with Crippen LogP contribution in [0.4, 0.5) is 0 Å². The fourth-order valence-electron chi connectivity index (χ4n) is 1.68. The highest BCUT2D eigenvalue weighted by atomic mass is 16.5. The van der Waals surface area contributed by atoms with Gasteiger partial charge in [0.2, 0.25) is 5.88 Å². The van der Waals surface area contributed by atoms with Crippen LogP contribution in [0.2, 0.25) is 0 Å². The van der Waals surface area contributed by atoms with Crippen molar-refractivity contribution in [2.24, 2.45) is 0 Å². The number of hydrogen-bond acceptors (Lipinski definition) is 4. The molecule has 2 aromatic rings. The van der Waals surface area contributed by atoms with Crippen LogP contribution in [0, 0.1) is 0 Å². The summed E-state index contributed by atoms with van der Waals surface area (Å²) in [4.78, 5) is 4.12. The molecule has 4 nitrogen and oxygen atoms in total. The molecule has 0 radical (unpaired) electrons. The molecule has 1 atom stereocenters. The first kappa shape index (κ1) is 14.3. The van der Waals surface area contributed by atoms with Gasteiger partial charge in [0.1, 0.15) is 11.5 Å². The Hall–Kier alpha value is -2.07. The number of hydrogen-bond donors (Lipinski definition) is 1. The van der Waals surface area contributed by atoms with Crippen LogP contribution in [0.5, 0.6) is 17.4 Å². The first-order chi connectivity index (χ1) is 9.69. The smallest absolute Gasteiger partial charge is 0.219 e. The van der Waals surface area contributed by atoms with Crippen LogP contribution in [0.3, 0.4) is 0 Å². The Morgan fingerprint density at radius 2 is 1.85 bits per heavy atom. The number of nitrogens with zero attached hydrogens (tertiary/aromatic N) is 1. The Morgan fingerprint density at radius 1 is 1.15 bits per heavy atom. The average molecular weight is 273 g/mol. The third-order valence-electron chi connectivity index (χ3n) is 2.76. The SMILES string of the molecule is CCCOc1ccc(Oc2cc([C@@H](C)O)ccn2)cc1. The van der Waals surface area contributed by atoms with Gasteiger partial charge in [0.15, 0.2) is 0 Å². The van der Waals surface area contributed by atoms with Crippen LogP contribution in [0.15, 0.2) is 42.6 Å². The minimum Gasteiger partial charge on any atom is -0.494 e. The molecule has 0 aliphatic heterocycles. The summed E-state index contributed by atoms with van der Waals surface area (Å²) >= 11 is 0. The van der Waals surface area contributed by atoms with Gasteiger partial charge in [0, 0.05) is 12.3 Å². The molecule has 0 spiro atoms. The maximum atomic E-state index is 9.53. The van der Waals surface area contributed by atoms with Gasteiger partial charge in [-0.25, -0.2) is 4.98 Å². The molecule has 0 aliphatic rings. The Labute approximate surface area is 119 Å². The lowest BCUT2D eigenvalue weighted by molar-refractivity contribution is 0.198. The molecule has 1 aromatic heterocycles. The highest BCUT2D eigenvalue weighted by Gasteiger charge is 2.04. The summed E-state index contributed by atoms with van der Waals surface area (Å²) in [6, 6.07) is 10.9. The van der Waals surface area contributed by atoms with E-state index < -0.39 is 6.10 Å². The minimum absolute atomic E-state index is 0.464. The molecule has 0 fully saturated rings. The second-order valence-corrected chi connectivity index (χ2v) is 4.53. The van der Waals surface area contributed by atoms with E-state index in [4.69, 9.17) is 9.47 Å². The highest BCUT2D eigenvalue weighted by Crippen LogP contribution is 2.24. The third-order valence-corrected chi connectivity index (χ3v) is 2.76. The molecule has 1 aromatic carbocycles. The van der Waals surface area contributed by atoms with Gasteiger partial charge in [-0.3, -0.25) is 0 Å². The van der Waals surface area contributed by atoms with E-state index in [-0.39, 0.29) is 0 Å². The molecule has 1 heterocycles. The van der Waals surface area contributed by atoms with E-state index in [1.54, 1.807) is 25.3 Å². The van der Waals surface area contributed by atoms with E-state index in [0.29, 0.717) is 18.2 Å². The Bertz CT molecular complexity index is 538. The molecule has 1 N–H and O–H groups in total. The second kappa shape index (κ2) is 6.91. The lowest BCUT2D eigenvalue weighted by Gasteiger charge is -2.09. The van der Waals surface area contributed by atoms with Gasteiger partial charge in [-0.1, -0.05) is 6.92 Å². The maximum absolute atomic E-state index is 9.53. The van der Waals surface area contributed by atoms with Gasteiger partial charge in [-0.2, -0.15) is 0 Å². The lowest BCUT2D eigenvalue weighted by atomic mass is 10.2. The zero-order chi connectivity index (χ0) is 14.4. The largest absolute Gasteiger partial charge is 0.494 e. The van der Waals surface area contributed by atoms with Crippen molar-refractivity contribution in [2.75, 3.05) is 6.61 Å². The van der Waals surface area contributed by atoms with E-state index >= 15 is 0 Å². The molecule has 20 heavy (non-hydrogen) atoms. The van der Waals surface area contributed by atoms with Crippen molar-refractivity contribution < 1.29 is 14.6 Å². The molecule has 0 saturated heterocycles. The first-order valence-corrected chi connectivity index (χ1v) is 6.73. The summed E-state index contributed by atoms with van der Waals surface area (Å²) in [6.45, 7) is 4.48. The number of aliphatic hydroxyl groups is 1. The third kappa shape index (κ3) is 3.96. The lowest BCUT2D eigenvalue weighted by Crippen LogP contribution is -1.95. The standard InChI is InChI=1S/C16H19NO3/c1-3-10-19-14-4-6-15(7-5-14)20-16-11-13(12(2)18)8-9-17-16/h4-9,11-12,18H,3,10H2,1-2H3/t12-/m1/s1. The number of rotatable bonds is 6. The van der Waals surface area contributed by atoms with E-state index in [1.165, 1.54) is 0 Å². The van der Waals surface area contributed by atoms with Crippen molar-refractivity contribution in [2.45, 2.75) is 26.4 Å². The number of benzene rings is 1. The van der Waals surface area contributed by atoms with Crippen LogP contribution < -0.4 is 9.47 Å². The molecular formula is C16H19NO3. The normalized spacial score (nSPS) is 11.9. The molecule has 4 heteroatoms. The molecule has 0 amide bonds. The van der Waals surface area contributed by atoms with Crippen molar-refractivity contribution in [3.05, 3.63) is 48.2 Å². The highest BCUT2D eigenvalue weighted by molar-refractivity contribution is 5.34. The van der Waals surface area contributed by atoms with Gasteiger partial charge in [0.05, 0.1) is 12.7 Å². The molecule has 0 bridgehead atoms. The summed E-state index contributed by atoms with van der Waals surface area (Å²) in [6.07, 6.45) is 2.06. The van der Waals surface area contributed by atoms with Crippen molar-refractivity contribution in [3.63, 3.8) is 0 Å². The minimum atomic E-state index is -0.537. The number of aromatic nitrogens is 1. The molecule has 0 aliphatic carbocycles. The quantitative estimate of drug-likeness (QED) is 0.871. The topological polar surface area (TPSA) is 51.6 Å². The van der Waals surface area contributed by atoms with E-state index in [2.05, 4.69) is 11.9 Å². The van der Waals surface area contributed by atoms with Crippen molar-refractivity contribution in [1.82, 2.24) is 4.98 Å². The fraction of sp³-hybridized carbons (Fsp3) is 0.312. The summed E-state index contributed by atoms with van der Waals surface area (Å²) in [5.74, 6) is 1.97. The summed E-state index contributed by atoms with van der Waals surface area (Å²) < 4.78 is 11.2. The van der Waals surface area contributed by atoms with Gasteiger partial charge >= 0.3 is 0 Å². The predicted molar refractivity (Wildman–Crippen MR) is 77.2 cm³/mol. The Morgan fingerprint density at radius 3 is 2.50 bits per heavy atom. The predicted octanol–water partition coefficient (Wildman–Crippen LogP) is 3.72. The van der Waals surface area contributed by atoms with Crippen molar-refractivity contribution >= 4 is 0 Å². The zero-order valence-electron chi connectivity index (χ0n) is 11.7. The van der Waals surface area contributed by atoms with Gasteiger partial charge in [0.25, 0.3) is 0 Å². The Kier molecular flexibility index (Phi) is 4.96. The molecular weight excluding hydrogens is 254 g/mol. The van der Waals surface area contributed by atoms with E-state index in [9.17, 15) is 5.11 Å². The molecule has 106 valence electrons. The second-order valence-electron chi connectivity index (χ2n) is 4.53. The monoisotopic (exact) mass is 273 g/mol. The zero-order valence-corrected chi connectivity index (χ0v) is 11.7.